The highest BCUT2D eigenvalue weighted by Gasteiger charge is 2.33. The van der Waals surface area contributed by atoms with Gasteiger partial charge in [0.05, 0.1) is 21.6 Å². The first-order valence-electron chi connectivity index (χ1n) is 4.98. The van der Waals surface area contributed by atoms with Crippen LogP contribution in [0.25, 0.3) is 0 Å². The van der Waals surface area contributed by atoms with Gasteiger partial charge in [-0.25, -0.2) is 0 Å². The average Bonchev–Trinajstić information content (AvgIpc) is 2.82. The summed E-state index contributed by atoms with van der Waals surface area (Å²) in [4.78, 5) is 0. The van der Waals surface area contributed by atoms with E-state index in [0.29, 0.717) is 0 Å². The van der Waals surface area contributed by atoms with E-state index >= 15 is 0 Å². The lowest BCUT2D eigenvalue weighted by atomic mass is 10.2. The molecule has 14 heavy (non-hydrogen) atoms. The van der Waals surface area contributed by atoms with Crippen molar-refractivity contribution in [2.45, 2.75) is 19.6 Å². The highest BCUT2D eigenvalue weighted by molar-refractivity contribution is 7.84. The van der Waals surface area contributed by atoms with E-state index in [1.807, 2.05) is 0 Å². The highest BCUT2D eigenvalue weighted by Crippen LogP contribution is 2.56. The number of nitrogens with zero attached hydrogens (tertiary/aromatic N) is 1. The predicted molar refractivity (Wildman–Crippen MR) is 68.1 cm³/mol. The molecule has 1 aliphatic rings. The van der Waals surface area contributed by atoms with E-state index in [2.05, 4.69) is 54.7 Å². The fourth-order valence-electron chi connectivity index (χ4n) is 1.45. The van der Waals surface area contributed by atoms with Gasteiger partial charge in [-0.1, -0.05) is 50.0 Å². The van der Waals surface area contributed by atoms with Crippen LogP contribution in [0.4, 0.5) is 0 Å². The van der Waals surface area contributed by atoms with Gasteiger partial charge in [-0.15, -0.1) is 0 Å². The van der Waals surface area contributed by atoms with Gasteiger partial charge >= 0.3 is 0 Å². The molecule has 0 fully saturated rings. The van der Waals surface area contributed by atoms with Crippen LogP contribution in [0.15, 0.2) is 35.1 Å². The Balaban J connectivity index is 1.97. The second kappa shape index (κ2) is 3.60. The van der Waals surface area contributed by atoms with Crippen molar-refractivity contribution in [1.29, 1.82) is 0 Å². The normalized spacial score (nSPS) is 20.5. The molecule has 3 heteroatoms. The summed E-state index contributed by atoms with van der Waals surface area (Å²) in [6, 6.07) is 10.6. The maximum absolute atomic E-state index is 4.63. The number of hydrogen-bond donors (Lipinski definition) is 0. The third-order valence-corrected chi connectivity index (χ3v) is 8.17. The van der Waals surface area contributed by atoms with Crippen LogP contribution in [0.1, 0.15) is 5.56 Å². The largest absolute Gasteiger partial charge is 0.253 e. The van der Waals surface area contributed by atoms with Crippen LogP contribution in [-0.2, 0) is 0 Å². The zero-order valence-corrected chi connectivity index (χ0v) is 10.9. The monoisotopic (exact) mass is 221 g/mol. The van der Waals surface area contributed by atoms with Crippen molar-refractivity contribution >= 4 is 21.6 Å². The molecule has 0 saturated heterocycles. The van der Waals surface area contributed by atoms with Gasteiger partial charge in [0, 0.05) is 5.56 Å². The van der Waals surface area contributed by atoms with Crippen LogP contribution in [-0.4, -0.2) is 19.3 Å². The van der Waals surface area contributed by atoms with Gasteiger partial charge in [0.15, 0.2) is 0 Å². The lowest BCUT2D eigenvalue weighted by Gasteiger charge is -2.13. The Labute approximate surface area is 88.1 Å². The molecule has 1 aliphatic heterocycles. The summed E-state index contributed by atoms with van der Waals surface area (Å²) < 4.78 is 4.63. The predicted octanol–water partition coefficient (Wildman–Crippen LogP) is 3.72. The number of rotatable bonds is 3. The highest BCUT2D eigenvalue weighted by atomic mass is 31.1. The minimum atomic E-state index is -0.918. The summed E-state index contributed by atoms with van der Waals surface area (Å²) in [5.41, 5.74) is 2.74. The molecular weight excluding hydrogens is 205 g/mol. The third kappa shape index (κ3) is 2.52. The van der Waals surface area contributed by atoms with E-state index in [1.165, 1.54) is 16.8 Å². The zero-order valence-electron chi connectivity index (χ0n) is 8.99. The molecule has 0 N–H and O–H groups in total. The minimum absolute atomic E-state index is 0.0748. The molecule has 2 rings (SSSR count). The smallest absolute Gasteiger partial charge is 0.0921 e. The Morgan fingerprint density at radius 1 is 1.14 bits per heavy atom. The number of hydrogen-bond acceptors (Lipinski definition) is 1. The first-order chi connectivity index (χ1) is 6.56. The van der Waals surface area contributed by atoms with Crippen LogP contribution >= 0.6 is 8.07 Å². The van der Waals surface area contributed by atoms with Crippen molar-refractivity contribution in [3.05, 3.63) is 35.9 Å². The molecule has 1 nitrogen and oxygen atoms in total. The quantitative estimate of drug-likeness (QED) is 0.545. The van der Waals surface area contributed by atoms with Crippen molar-refractivity contribution in [3.63, 3.8) is 0 Å². The molecule has 0 amide bonds. The second-order valence-corrected chi connectivity index (χ2v) is 12.7. The van der Waals surface area contributed by atoms with Gasteiger partial charge in [0.1, 0.15) is 0 Å². The third-order valence-electron chi connectivity index (χ3n) is 2.08. The topological polar surface area (TPSA) is 12.4 Å². The lowest BCUT2D eigenvalue weighted by Crippen LogP contribution is -2.23. The molecule has 0 radical (unpaired) electrons. The van der Waals surface area contributed by atoms with Gasteiger partial charge < -0.3 is 0 Å². The van der Waals surface area contributed by atoms with Gasteiger partial charge in [-0.2, -0.15) is 0 Å². The van der Waals surface area contributed by atoms with Crippen molar-refractivity contribution < 1.29 is 0 Å². The van der Waals surface area contributed by atoms with E-state index in [0.717, 1.165) is 0 Å². The molecule has 0 spiro atoms. The maximum Gasteiger partial charge on any atom is 0.0921 e. The molecule has 74 valence electrons. The molecule has 1 aromatic rings. The molecule has 1 aromatic carbocycles. The summed E-state index contributed by atoms with van der Waals surface area (Å²) in [6.45, 7) is 7.27. The SMILES string of the molecule is C[Si](C)(C)CP1N=C1c1ccccc1. The maximum atomic E-state index is 4.63. The van der Waals surface area contributed by atoms with Crippen LogP contribution in [0, 0.1) is 0 Å². The average molecular weight is 221 g/mol. The fraction of sp³-hybridized carbons (Fsp3) is 0.364. The van der Waals surface area contributed by atoms with Crippen molar-refractivity contribution in [1.82, 2.24) is 0 Å². The van der Waals surface area contributed by atoms with Crippen LogP contribution < -0.4 is 0 Å². The lowest BCUT2D eigenvalue weighted by molar-refractivity contribution is 1.66. The van der Waals surface area contributed by atoms with Gasteiger partial charge in [0.25, 0.3) is 0 Å². The van der Waals surface area contributed by atoms with E-state index in [9.17, 15) is 0 Å². The summed E-state index contributed by atoms with van der Waals surface area (Å²) in [5.74, 6) is 1.37. The summed E-state index contributed by atoms with van der Waals surface area (Å²) in [7, 11) is -0.993. The van der Waals surface area contributed by atoms with Crippen molar-refractivity contribution in [2.24, 2.45) is 4.76 Å². The zero-order chi connectivity index (χ0) is 10.2. The standard InChI is InChI=1S/C11H16NPSi/c1-14(2,3)9-13-11(12-13)10-7-5-4-6-8-10/h4-8H,9H2,1-3H3. The molecule has 1 unspecified atom stereocenters. The van der Waals surface area contributed by atoms with Crippen LogP contribution in [0.2, 0.25) is 19.6 Å². The van der Waals surface area contributed by atoms with Gasteiger partial charge in [-0.3, -0.25) is 4.76 Å². The summed E-state index contributed by atoms with van der Waals surface area (Å²) >= 11 is 0. The molecule has 0 aromatic heterocycles. The van der Waals surface area contributed by atoms with Crippen LogP contribution in [0.3, 0.4) is 0 Å². The molecule has 0 saturated carbocycles. The molecular formula is C11H16NPSi. The Kier molecular flexibility index (Phi) is 2.59. The first-order valence-corrected chi connectivity index (χ1v) is 10.2. The van der Waals surface area contributed by atoms with E-state index in [-0.39, 0.29) is 8.07 Å². The summed E-state index contributed by atoms with van der Waals surface area (Å²) in [5, 5.41) is 0. The first kappa shape index (κ1) is 10.1. The molecule has 1 atom stereocenters. The van der Waals surface area contributed by atoms with Gasteiger partial charge in [0.2, 0.25) is 0 Å². The van der Waals surface area contributed by atoms with Crippen molar-refractivity contribution in [3.8, 4) is 0 Å². The number of benzene rings is 1. The Morgan fingerprint density at radius 2 is 1.79 bits per heavy atom. The minimum Gasteiger partial charge on any atom is -0.253 e. The molecule has 1 heterocycles. The second-order valence-electron chi connectivity index (χ2n) is 4.91. The van der Waals surface area contributed by atoms with Crippen LogP contribution in [0.5, 0.6) is 0 Å². The van der Waals surface area contributed by atoms with Gasteiger partial charge in [-0.05, 0) is 5.79 Å². The molecule has 0 bridgehead atoms. The van der Waals surface area contributed by atoms with E-state index in [1.54, 1.807) is 0 Å². The molecule has 0 aliphatic carbocycles. The Morgan fingerprint density at radius 3 is 2.36 bits per heavy atom. The Bertz CT molecular complexity index is 353. The summed E-state index contributed by atoms with van der Waals surface area (Å²) in [6.07, 6.45) is 0. The van der Waals surface area contributed by atoms with E-state index < -0.39 is 8.07 Å². The van der Waals surface area contributed by atoms with E-state index in [4.69, 9.17) is 0 Å². The Hall–Kier alpha value is -0.463. The van der Waals surface area contributed by atoms with Crippen molar-refractivity contribution in [2.75, 3.05) is 5.79 Å². The fourth-order valence-corrected chi connectivity index (χ4v) is 6.86.